The average molecular weight is 379 g/mol. The zero-order valence-corrected chi connectivity index (χ0v) is 16.6. The molecular weight excluding hydrogens is 352 g/mol. The van der Waals surface area contributed by atoms with Crippen molar-refractivity contribution in [1.29, 1.82) is 0 Å². The summed E-state index contributed by atoms with van der Waals surface area (Å²) in [5, 5.41) is 4.84. The van der Waals surface area contributed by atoms with Gasteiger partial charge in [0.1, 0.15) is 5.01 Å². The van der Waals surface area contributed by atoms with Gasteiger partial charge < -0.3 is 5.32 Å². The molecule has 0 spiro atoms. The van der Waals surface area contributed by atoms with E-state index in [2.05, 4.69) is 62.6 Å². The zero-order valence-electron chi connectivity index (χ0n) is 15.8. The maximum Gasteiger partial charge on any atom is 0.107 e. The largest absolute Gasteiger partial charge is 0.308 e. The molecule has 0 bridgehead atoms. The van der Waals surface area contributed by atoms with Crippen LogP contribution in [0.1, 0.15) is 29.1 Å². The Morgan fingerprint density at radius 2 is 1.89 bits per heavy atom. The van der Waals surface area contributed by atoms with Gasteiger partial charge in [0, 0.05) is 31.0 Å². The summed E-state index contributed by atoms with van der Waals surface area (Å²) in [6, 6.07) is 17.5. The number of piperidine rings is 1. The second-order valence-corrected chi connectivity index (χ2v) is 8.31. The number of nitrogens with one attached hydrogen (secondary N) is 1. The molecule has 1 fully saturated rings. The second kappa shape index (κ2) is 8.74. The van der Waals surface area contributed by atoms with Gasteiger partial charge in [-0.1, -0.05) is 36.4 Å². The van der Waals surface area contributed by atoms with Gasteiger partial charge in [-0.05, 0) is 50.6 Å². The average Bonchev–Trinajstić information content (AvgIpc) is 3.17. The predicted molar refractivity (Wildman–Crippen MR) is 112 cm³/mol. The quantitative estimate of drug-likeness (QED) is 0.695. The molecule has 0 saturated carbocycles. The third-order valence-electron chi connectivity index (χ3n) is 5.07. The van der Waals surface area contributed by atoms with Crippen LogP contribution in [0.15, 0.2) is 54.7 Å². The lowest BCUT2D eigenvalue weighted by Crippen LogP contribution is -2.41. The molecule has 4 nitrogen and oxygen atoms in total. The molecule has 1 aliphatic heterocycles. The zero-order chi connectivity index (χ0) is 18.5. The SMILES string of the molecule is Cc1cccc(-c2cnc(CNC3CCN(Cc4ccccc4)CC3)s2)n1. The summed E-state index contributed by atoms with van der Waals surface area (Å²) >= 11 is 1.74. The van der Waals surface area contributed by atoms with E-state index in [0.717, 1.165) is 47.5 Å². The Balaban J connectivity index is 1.25. The third-order valence-corrected chi connectivity index (χ3v) is 6.09. The van der Waals surface area contributed by atoms with Crippen LogP contribution in [-0.2, 0) is 13.1 Å². The molecule has 1 saturated heterocycles. The Bertz CT molecular complexity index is 854. The minimum absolute atomic E-state index is 0.585. The van der Waals surface area contributed by atoms with E-state index < -0.39 is 0 Å². The molecule has 0 atom stereocenters. The number of pyridine rings is 1. The van der Waals surface area contributed by atoms with Crippen molar-refractivity contribution in [3.05, 3.63) is 71.0 Å². The van der Waals surface area contributed by atoms with Crippen LogP contribution >= 0.6 is 11.3 Å². The van der Waals surface area contributed by atoms with Gasteiger partial charge in [0.2, 0.25) is 0 Å². The number of nitrogens with zero attached hydrogens (tertiary/aromatic N) is 3. The number of benzene rings is 1. The van der Waals surface area contributed by atoms with E-state index in [1.54, 1.807) is 11.3 Å². The molecule has 0 amide bonds. The minimum atomic E-state index is 0.585. The number of hydrogen-bond donors (Lipinski definition) is 1. The first kappa shape index (κ1) is 18.3. The summed E-state index contributed by atoms with van der Waals surface area (Å²) in [6.45, 7) is 6.25. The summed E-state index contributed by atoms with van der Waals surface area (Å²) in [5.74, 6) is 0. The van der Waals surface area contributed by atoms with Crippen LogP contribution in [0.5, 0.6) is 0 Å². The predicted octanol–water partition coefficient (Wildman–Crippen LogP) is 4.27. The number of aryl methyl sites for hydroxylation is 1. The van der Waals surface area contributed by atoms with E-state index in [4.69, 9.17) is 0 Å². The van der Waals surface area contributed by atoms with Crippen molar-refractivity contribution in [3.8, 4) is 10.6 Å². The van der Waals surface area contributed by atoms with Crippen molar-refractivity contribution in [1.82, 2.24) is 20.2 Å². The smallest absolute Gasteiger partial charge is 0.107 e. The van der Waals surface area contributed by atoms with Gasteiger partial charge in [0.25, 0.3) is 0 Å². The Morgan fingerprint density at radius 3 is 2.67 bits per heavy atom. The van der Waals surface area contributed by atoms with Crippen LogP contribution in [0.4, 0.5) is 0 Å². The second-order valence-electron chi connectivity index (χ2n) is 7.20. The maximum atomic E-state index is 4.59. The number of rotatable bonds is 6. The molecule has 0 radical (unpaired) electrons. The van der Waals surface area contributed by atoms with Crippen molar-refractivity contribution in [2.45, 2.75) is 38.9 Å². The fourth-order valence-corrected chi connectivity index (χ4v) is 4.40. The fourth-order valence-electron chi connectivity index (χ4n) is 3.56. The molecule has 2 aromatic heterocycles. The van der Waals surface area contributed by atoms with Gasteiger partial charge >= 0.3 is 0 Å². The first-order chi connectivity index (χ1) is 13.3. The monoisotopic (exact) mass is 378 g/mol. The Morgan fingerprint density at radius 1 is 1.07 bits per heavy atom. The first-order valence-corrected chi connectivity index (χ1v) is 10.5. The van der Waals surface area contributed by atoms with Crippen LogP contribution < -0.4 is 5.32 Å². The fraction of sp³-hybridized carbons (Fsp3) is 0.364. The molecule has 1 aliphatic rings. The van der Waals surface area contributed by atoms with Crippen molar-refractivity contribution >= 4 is 11.3 Å². The Labute approximate surface area is 165 Å². The molecule has 0 aliphatic carbocycles. The molecule has 5 heteroatoms. The summed E-state index contributed by atoms with van der Waals surface area (Å²) in [4.78, 5) is 12.9. The van der Waals surface area contributed by atoms with Gasteiger partial charge in [-0.15, -0.1) is 11.3 Å². The summed E-state index contributed by atoms with van der Waals surface area (Å²) in [6.07, 6.45) is 4.35. The van der Waals surface area contributed by atoms with Gasteiger partial charge in [0.15, 0.2) is 0 Å². The lowest BCUT2D eigenvalue weighted by atomic mass is 10.0. The van der Waals surface area contributed by atoms with E-state index in [1.807, 2.05) is 19.2 Å². The standard InChI is InChI=1S/C22H26N4S/c1-17-6-5-9-20(25-17)21-14-24-22(27-21)15-23-19-10-12-26(13-11-19)16-18-7-3-2-4-8-18/h2-9,14,19,23H,10-13,15-16H2,1H3. The van der Waals surface area contributed by atoms with E-state index >= 15 is 0 Å². The number of likely N-dealkylation sites (tertiary alicyclic amines) is 1. The van der Waals surface area contributed by atoms with Crippen molar-refractivity contribution in [3.63, 3.8) is 0 Å². The highest BCUT2D eigenvalue weighted by Crippen LogP contribution is 2.25. The molecular formula is C22H26N4S. The van der Waals surface area contributed by atoms with Gasteiger partial charge in [0.05, 0.1) is 10.6 Å². The number of hydrogen-bond acceptors (Lipinski definition) is 5. The van der Waals surface area contributed by atoms with E-state index in [0.29, 0.717) is 6.04 Å². The minimum Gasteiger partial charge on any atom is -0.308 e. The summed E-state index contributed by atoms with van der Waals surface area (Å²) in [5.41, 5.74) is 3.47. The topological polar surface area (TPSA) is 41.1 Å². The molecule has 27 heavy (non-hydrogen) atoms. The van der Waals surface area contributed by atoms with E-state index in [9.17, 15) is 0 Å². The van der Waals surface area contributed by atoms with Crippen LogP contribution in [0, 0.1) is 6.92 Å². The van der Waals surface area contributed by atoms with Crippen molar-refractivity contribution in [2.24, 2.45) is 0 Å². The van der Waals surface area contributed by atoms with E-state index in [-0.39, 0.29) is 0 Å². The molecule has 3 heterocycles. The van der Waals surface area contributed by atoms with Crippen LogP contribution in [0.25, 0.3) is 10.6 Å². The van der Waals surface area contributed by atoms with Crippen LogP contribution in [-0.4, -0.2) is 34.0 Å². The Hall–Kier alpha value is -2.08. The molecule has 140 valence electrons. The number of thiazole rings is 1. The highest BCUT2D eigenvalue weighted by Gasteiger charge is 2.19. The maximum absolute atomic E-state index is 4.59. The van der Waals surface area contributed by atoms with Crippen molar-refractivity contribution in [2.75, 3.05) is 13.1 Å². The highest BCUT2D eigenvalue weighted by atomic mass is 32.1. The molecule has 0 unspecified atom stereocenters. The highest BCUT2D eigenvalue weighted by molar-refractivity contribution is 7.15. The third kappa shape index (κ3) is 5.01. The summed E-state index contributed by atoms with van der Waals surface area (Å²) in [7, 11) is 0. The molecule has 4 rings (SSSR count). The van der Waals surface area contributed by atoms with E-state index in [1.165, 1.54) is 18.4 Å². The van der Waals surface area contributed by atoms with Gasteiger partial charge in [-0.25, -0.2) is 4.98 Å². The normalized spacial score (nSPS) is 15.9. The number of aromatic nitrogens is 2. The van der Waals surface area contributed by atoms with Crippen LogP contribution in [0.3, 0.4) is 0 Å². The molecule has 3 aromatic rings. The Kier molecular flexibility index (Phi) is 5.92. The van der Waals surface area contributed by atoms with Crippen LogP contribution in [0.2, 0.25) is 0 Å². The lowest BCUT2D eigenvalue weighted by Gasteiger charge is -2.32. The van der Waals surface area contributed by atoms with Gasteiger partial charge in [-0.3, -0.25) is 9.88 Å². The summed E-state index contributed by atoms with van der Waals surface area (Å²) < 4.78 is 0. The lowest BCUT2D eigenvalue weighted by molar-refractivity contribution is 0.190. The molecule has 1 aromatic carbocycles. The van der Waals surface area contributed by atoms with Gasteiger partial charge in [-0.2, -0.15) is 0 Å². The first-order valence-electron chi connectivity index (χ1n) is 9.65. The van der Waals surface area contributed by atoms with Crippen molar-refractivity contribution < 1.29 is 0 Å². The molecule has 1 N–H and O–H groups in total.